The van der Waals surface area contributed by atoms with Crippen LogP contribution in [0, 0.1) is 23.7 Å². The number of nitrogens with one attached hydrogen (secondary N) is 2. The minimum Gasteiger partial charge on any atom is -0.870 e. The fourth-order valence-electron chi connectivity index (χ4n) is 14.3. The molecular formula is C83H133LiN8O11S4+2. The van der Waals surface area contributed by atoms with E-state index in [9.17, 15) is 33.9 Å². The van der Waals surface area contributed by atoms with Crippen molar-refractivity contribution in [2.75, 3.05) is 60.6 Å². The molecule has 4 aromatic rings. The number of allylic oxidation sites excluding steroid dienone is 2. The summed E-state index contributed by atoms with van der Waals surface area (Å²) in [5.74, 6) is -1.85. The third kappa shape index (κ3) is 29.6. The molecular weight excluding hydrogens is 1420 g/mol. The average molecular weight is 1550 g/mol. The van der Waals surface area contributed by atoms with E-state index in [0.717, 1.165) is 90.4 Å². The molecule has 6 rings (SSSR count). The number of quaternary nitrogens is 2. The van der Waals surface area contributed by atoms with E-state index in [1.54, 1.807) is 5.38 Å². The van der Waals surface area contributed by atoms with Crippen molar-refractivity contribution in [3.63, 3.8) is 0 Å². The molecule has 107 heavy (non-hydrogen) atoms. The number of aromatic nitrogens is 2. The van der Waals surface area contributed by atoms with Gasteiger partial charge in [-0.05, 0) is 100 Å². The maximum atomic E-state index is 14.9. The molecule has 4 unspecified atom stereocenters. The fourth-order valence-corrected chi connectivity index (χ4v) is 18.0. The van der Waals surface area contributed by atoms with E-state index in [1.807, 2.05) is 60.2 Å². The average Bonchev–Trinajstić information content (AvgIpc) is 1.18. The molecule has 2 aliphatic rings. The number of amides is 4. The molecule has 24 heteroatoms. The van der Waals surface area contributed by atoms with Gasteiger partial charge in [0.05, 0.1) is 34.3 Å². The molecule has 2 aliphatic heterocycles. The first-order valence-corrected chi connectivity index (χ1v) is 42.2. The number of esters is 1. The minimum atomic E-state index is -1.08. The van der Waals surface area contributed by atoms with Crippen LogP contribution in [-0.4, -0.2) is 181 Å². The van der Waals surface area contributed by atoms with Crippen molar-refractivity contribution in [3.8, 4) is 0 Å². The van der Waals surface area contributed by atoms with Crippen LogP contribution in [0.5, 0.6) is 0 Å². The Balaban J connectivity index is 0.000000545. The summed E-state index contributed by atoms with van der Waals surface area (Å²) in [6.45, 7) is 43.0. The first-order chi connectivity index (χ1) is 49.6. The molecule has 2 saturated heterocycles. The smallest absolute Gasteiger partial charge is 0.870 e. The van der Waals surface area contributed by atoms with Crippen LogP contribution in [0.1, 0.15) is 256 Å². The zero-order valence-electron chi connectivity index (χ0n) is 69.0. The Morgan fingerprint density at radius 1 is 0.589 bits per heavy atom. The first kappa shape index (κ1) is 96.3. The second-order valence-electron chi connectivity index (χ2n) is 31.9. The SMILES string of the molecule is CCC=CCN(C(=O)[C@@H](NC(=O)[C@H]1CCCC[N+]1(C)Cc1ccc(SC(C)(C)C)cc1)C(C)CC)[C@H](C[C@@H](OCC)c1nc(C(=O)O)cs1)C(C)C.CCC=CCN(C(=O)[C@@H](NC(=O)[C@H]1CCCC[N+]1(C)Cc1ccc(SC(C)(C)C)cc1)C(C)CC)[C@H](C[C@@H](OCC)c1nc(C(=O)OC)cs1)C(C)C.[Li+].[OH-]. The van der Waals surface area contributed by atoms with E-state index < -0.39 is 36.2 Å². The number of piperidine rings is 2. The summed E-state index contributed by atoms with van der Waals surface area (Å²) in [6.07, 6.45) is 17.1. The van der Waals surface area contributed by atoms with Crippen LogP contribution >= 0.6 is 46.2 Å². The number of likely N-dealkylation sites (tertiary alicyclic amines) is 2. The number of carbonyl (C=O) groups is 6. The van der Waals surface area contributed by atoms with E-state index >= 15 is 0 Å². The third-order valence-corrected chi connectivity index (χ3v) is 24.5. The number of benzene rings is 2. The van der Waals surface area contributed by atoms with Crippen LogP contribution in [0.3, 0.4) is 0 Å². The standard InChI is InChI=1S/C42H66N4O5S2.C41H64N4O5S2.Li.H2O/c1-12-15-17-24-45(34(29(4)5)26-36(51-14-3)39-43-33(28-52-39)41(49)50-11)40(48)37(30(6)13-2)44-38(47)35-19-16-18-25-46(35,10)27-31-20-22-32(23-21-31)53-42(7,8)9;1-11-14-16-23-44(33(28(4)5)25-35(50-13-3)38-42-32(27-51-38)40(48)49)39(47)36(29(6)12-2)43-37(46)34-18-15-17-24-45(34,10)26-30-19-21-31(22-20-30)52-41(7,8)9;;/h15,17,20-23,28-30,34-37H,12-14,16,18-19,24-27H2,1-11H3;14,16,19-22,27-29,33-36H,11-13,15,17-18,23-26H2,1-10H3,(H-,43,46,48,49);;1H2/q;;+1;/p+1/t30?,34-,35-,36-,37+,46?;29?,33-,34-,35-,36+,45?;;/m11../s1. The molecule has 0 aliphatic carbocycles. The van der Waals surface area contributed by atoms with Gasteiger partial charge in [-0.25, -0.2) is 19.6 Å². The molecule has 19 nitrogen and oxygen atoms in total. The van der Waals surface area contributed by atoms with Crippen molar-refractivity contribution < 1.29 is 81.4 Å². The number of thiazole rings is 2. The molecule has 4 heterocycles. The number of carbonyl (C=O) groups excluding carboxylic acids is 5. The van der Waals surface area contributed by atoms with Crippen molar-refractivity contribution in [2.24, 2.45) is 23.7 Å². The number of thioether (sulfide) groups is 2. The van der Waals surface area contributed by atoms with E-state index in [1.165, 1.54) is 56.1 Å². The van der Waals surface area contributed by atoms with Gasteiger partial charge < -0.3 is 54.2 Å². The molecule has 4 amide bonds. The van der Waals surface area contributed by atoms with Gasteiger partial charge in [0.2, 0.25) is 11.8 Å². The second kappa shape index (κ2) is 46.2. The number of carboxylic acid groups (broad SMARTS) is 1. The quantitative estimate of drug-likeness (QED) is 0.0124. The maximum absolute atomic E-state index is 14.9. The molecule has 2 aromatic carbocycles. The predicted molar refractivity (Wildman–Crippen MR) is 434 cm³/mol. The van der Waals surface area contributed by atoms with Gasteiger partial charge in [-0.2, -0.15) is 0 Å². The Morgan fingerprint density at radius 3 is 1.26 bits per heavy atom. The largest absolute Gasteiger partial charge is 1.00 e. The zero-order chi connectivity index (χ0) is 78.0. The summed E-state index contributed by atoms with van der Waals surface area (Å²) in [5, 5.41) is 20.7. The predicted octanol–water partition coefficient (Wildman–Crippen LogP) is 14.4. The Kier molecular flexibility index (Phi) is 41.6. The Bertz CT molecular complexity index is 3410. The van der Waals surface area contributed by atoms with Crippen LogP contribution in [0.4, 0.5) is 0 Å². The summed E-state index contributed by atoms with van der Waals surface area (Å²) >= 11 is 6.34. The van der Waals surface area contributed by atoms with Crippen LogP contribution in [-0.2, 0) is 46.5 Å². The van der Waals surface area contributed by atoms with Crippen LogP contribution < -0.4 is 29.5 Å². The van der Waals surface area contributed by atoms with Gasteiger partial charge in [-0.3, -0.25) is 19.2 Å². The van der Waals surface area contributed by atoms with E-state index in [-0.39, 0.29) is 117 Å². The van der Waals surface area contributed by atoms with Crippen molar-refractivity contribution in [1.29, 1.82) is 0 Å². The molecule has 594 valence electrons. The molecule has 0 bridgehead atoms. The maximum Gasteiger partial charge on any atom is 1.00 e. The van der Waals surface area contributed by atoms with E-state index in [2.05, 4.69) is 205 Å². The van der Waals surface area contributed by atoms with Crippen LogP contribution in [0.25, 0.3) is 0 Å². The zero-order valence-corrected chi connectivity index (χ0v) is 72.3. The second-order valence-corrected chi connectivity index (χ2v) is 37.4. The fraction of sp³-hybridized carbons (Fsp3) is 0.663. The topological polar surface area (TPSA) is 237 Å². The number of hydrogen-bond donors (Lipinski definition) is 3. The minimum absolute atomic E-state index is 0. The molecule has 2 fully saturated rings. The van der Waals surface area contributed by atoms with E-state index in [4.69, 9.17) is 14.2 Å². The van der Waals surface area contributed by atoms with Crippen LogP contribution in [0.15, 0.2) is 93.4 Å². The Hall–Kier alpha value is -4.90. The van der Waals surface area contributed by atoms with Crippen LogP contribution in [0.2, 0.25) is 0 Å². The molecule has 2 aromatic heterocycles. The van der Waals surface area contributed by atoms with Crippen molar-refractivity contribution >= 4 is 81.8 Å². The third-order valence-electron chi connectivity index (χ3n) is 20.4. The number of aromatic carboxylic acids is 1. The van der Waals surface area contributed by atoms with Crippen molar-refractivity contribution in [2.45, 2.75) is 283 Å². The van der Waals surface area contributed by atoms with E-state index in [0.29, 0.717) is 58.1 Å². The Labute approximate surface area is 671 Å². The number of carboxylic acids is 1. The van der Waals surface area contributed by atoms with Gasteiger partial charge in [0.1, 0.15) is 47.4 Å². The van der Waals surface area contributed by atoms with Gasteiger partial charge in [0, 0.05) is 105 Å². The first-order valence-electron chi connectivity index (χ1n) is 38.8. The summed E-state index contributed by atoms with van der Waals surface area (Å²) in [7, 11) is 5.74. The van der Waals surface area contributed by atoms with Gasteiger partial charge >= 0.3 is 30.8 Å². The van der Waals surface area contributed by atoms with Gasteiger partial charge in [-0.15, -0.1) is 46.2 Å². The number of ether oxygens (including phenoxy) is 3. The molecule has 12 atom stereocenters. The van der Waals surface area contributed by atoms with Crippen molar-refractivity contribution in [1.82, 2.24) is 30.4 Å². The van der Waals surface area contributed by atoms with Gasteiger partial charge in [0.25, 0.3) is 11.8 Å². The molecule has 0 saturated carbocycles. The molecule has 0 radical (unpaired) electrons. The summed E-state index contributed by atoms with van der Waals surface area (Å²) < 4.78 is 18.8. The number of hydrogen-bond acceptors (Lipinski definition) is 16. The summed E-state index contributed by atoms with van der Waals surface area (Å²) in [5.41, 5.74) is 2.68. The number of nitrogens with zero attached hydrogens (tertiary/aromatic N) is 6. The molecule has 0 spiro atoms. The summed E-state index contributed by atoms with van der Waals surface area (Å²) in [4.78, 5) is 97.9. The number of rotatable bonds is 38. The monoisotopic (exact) mass is 1550 g/mol. The Morgan fingerprint density at radius 2 is 0.953 bits per heavy atom. The summed E-state index contributed by atoms with van der Waals surface area (Å²) in [6, 6.07) is 15.2. The van der Waals surface area contributed by atoms with Crippen molar-refractivity contribution in [3.05, 3.63) is 116 Å². The number of likely N-dealkylation sites (N-methyl/N-ethyl adjacent to an activating group) is 2. The normalized spacial score (nSPS) is 19.9. The van der Waals surface area contributed by atoms with Gasteiger partial charge in [0.15, 0.2) is 23.5 Å². The molecule has 4 N–H and O–H groups in total. The number of methoxy groups -OCH3 is 1. The van der Waals surface area contributed by atoms with Gasteiger partial charge in [-0.1, -0.05) is 172 Å².